The minimum Gasteiger partial charge on any atom is -0.327 e. The highest BCUT2D eigenvalue weighted by atomic mass is 15.1. The Labute approximate surface area is 94.4 Å². The Bertz CT molecular complexity index is 189. The molecule has 1 rings (SSSR count). The summed E-state index contributed by atoms with van der Waals surface area (Å²) >= 11 is 0. The van der Waals surface area contributed by atoms with Gasteiger partial charge in [0.15, 0.2) is 0 Å². The van der Waals surface area contributed by atoms with E-state index in [1.54, 1.807) is 0 Å². The maximum atomic E-state index is 5.73. The lowest BCUT2D eigenvalue weighted by Gasteiger charge is -2.32. The molecule has 0 aromatic carbocycles. The van der Waals surface area contributed by atoms with Gasteiger partial charge in [0.2, 0.25) is 0 Å². The second-order valence-corrected chi connectivity index (χ2v) is 5.84. The summed E-state index contributed by atoms with van der Waals surface area (Å²) in [6.45, 7) is 11.3. The molecule has 15 heavy (non-hydrogen) atoms. The number of nitrogens with zero attached hydrogens (tertiary/aromatic N) is 1. The number of likely N-dealkylation sites (tertiary alicyclic amines) is 1. The van der Waals surface area contributed by atoms with Gasteiger partial charge in [0.25, 0.3) is 0 Å². The SMILES string of the molecule is CC(N)CNCC(C)(C)C1CCN(C)C1. The van der Waals surface area contributed by atoms with Crippen LogP contribution in [-0.4, -0.2) is 44.2 Å². The van der Waals surface area contributed by atoms with E-state index in [4.69, 9.17) is 5.73 Å². The molecule has 0 bridgehead atoms. The average molecular weight is 213 g/mol. The molecule has 3 N–H and O–H groups in total. The fourth-order valence-electron chi connectivity index (χ4n) is 2.34. The summed E-state index contributed by atoms with van der Waals surface area (Å²) < 4.78 is 0. The van der Waals surface area contributed by atoms with Crippen LogP contribution >= 0.6 is 0 Å². The van der Waals surface area contributed by atoms with Crippen molar-refractivity contribution >= 4 is 0 Å². The fraction of sp³-hybridized carbons (Fsp3) is 1.00. The first-order valence-corrected chi connectivity index (χ1v) is 6.06. The van der Waals surface area contributed by atoms with Gasteiger partial charge in [-0.2, -0.15) is 0 Å². The first kappa shape index (κ1) is 12.9. The third kappa shape index (κ3) is 4.09. The molecule has 90 valence electrons. The molecular weight excluding hydrogens is 186 g/mol. The molecule has 0 spiro atoms. The Morgan fingerprint density at radius 3 is 2.67 bits per heavy atom. The summed E-state index contributed by atoms with van der Waals surface area (Å²) in [6, 6.07) is 0.257. The molecule has 1 aliphatic rings. The van der Waals surface area contributed by atoms with Crippen molar-refractivity contribution in [2.75, 3.05) is 33.2 Å². The molecule has 0 amide bonds. The van der Waals surface area contributed by atoms with Crippen molar-refractivity contribution in [3.05, 3.63) is 0 Å². The molecule has 0 aromatic heterocycles. The minimum atomic E-state index is 0.257. The van der Waals surface area contributed by atoms with Crippen molar-refractivity contribution in [1.29, 1.82) is 0 Å². The molecule has 0 aliphatic carbocycles. The first-order valence-electron chi connectivity index (χ1n) is 6.06. The quantitative estimate of drug-likeness (QED) is 0.713. The van der Waals surface area contributed by atoms with Crippen LogP contribution in [0.25, 0.3) is 0 Å². The van der Waals surface area contributed by atoms with Gasteiger partial charge in [-0.3, -0.25) is 0 Å². The van der Waals surface area contributed by atoms with Gasteiger partial charge < -0.3 is 16.0 Å². The minimum absolute atomic E-state index is 0.257. The molecule has 1 heterocycles. The van der Waals surface area contributed by atoms with E-state index in [1.165, 1.54) is 19.5 Å². The molecule has 0 radical (unpaired) electrons. The Morgan fingerprint density at radius 1 is 1.53 bits per heavy atom. The van der Waals surface area contributed by atoms with Crippen LogP contribution in [0.5, 0.6) is 0 Å². The van der Waals surface area contributed by atoms with Crippen molar-refractivity contribution in [3.8, 4) is 0 Å². The van der Waals surface area contributed by atoms with Crippen molar-refractivity contribution in [3.63, 3.8) is 0 Å². The van der Waals surface area contributed by atoms with Gasteiger partial charge in [0.1, 0.15) is 0 Å². The molecule has 1 aliphatic heterocycles. The van der Waals surface area contributed by atoms with Gasteiger partial charge >= 0.3 is 0 Å². The standard InChI is InChI=1S/C12H27N3/c1-10(13)7-14-9-12(2,3)11-5-6-15(4)8-11/h10-11,14H,5-9,13H2,1-4H3. The third-order valence-corrected chi connectivity index (χ3v) is 3.54. The Hall–Kier alpha value is -0.120. The predicted molar refractivity (Wildman–Crippen MR) is 65.9 cm³/mol. The van der Waals surface area contributed by atoms with E-state index in [9.17, 15) is 0 Å². The molecule has 2 unspecified atom stereocenters. The summed E-state index contributed by atoms with van der Waals surface area (Å²) in [6.07, 6.45) is 1.34. The largest absolute Gasteiger partial charge is 0.327 e. The van der Waals surface area contributed by atoms with Crippen LogP contribution in [0.1, 0.15) is 27.2 Å². The van der Waals surface area contributed by atoms with Crippen LogP contribution in [0.15, 0.2) is 0 Å². The van der Waals surface area contributed by atoms with E-state index in [-0.39, 0.29) is 6.04 Å². The number of nitrogens with two attached hydrogens (primary N) is 1. The molecule has 1 saturated heterocycles. The predicted octanol–water partition coefficient (Wildman–Crippen LogP) is 0.901. The fourth-order valence-corrected chi connectivity index (χ4v) is 2.34. The van der Waals surface area contributed by atoms with Crippen molar-refractivity contribution < 1.29 is 0 Å². The number of hydrogen-bond donors (Lipinski definition) is 2. The zero-order valence-electron chi connectivity index (χ0n) is 10.7. The highest BCUT2D eigenvalue weighted by molar-refractivity contribution is 4.87. The van der Waals surface area contributed by atoms with Crippen LogP contribution in [0.2, 0.25) is 0 Å². The zero-order valence-corrected chi connectivity index (χ0v) is 10.7. The topological polar surface area (TPSA) is 41.3 Å². The van der Waals surface area contributed by atoms with Crippen LogP contribution in [0.4, 0.5) is 0 Å². The van der Waals surface area contributed by atoms with Gasteiger partial charge in [0, 0.05) is 25.7 Å². The monoisotopic (exact) mass is 213 g/mol. The van der Waals surface area contributed by atoms with E-state index in [1.807, 2.05) is 6.92 Å². The van der Waals surface area contributed by atoms with Crippen molar-refractivity contribution in [1.82, 2.24) is 10.2 Å². The van der Waals surface area contributed by atoms with E-state index in [2.05, 4.69) is 31.1 Å². The summed E-state index contributed by atoms with van der Waals surface area (Å²) in [5, 5.41) is 3.47. The first-order chi connectivity index (χ1) is 6.92. The number of hydrogen-bond acceptors (Lipinski definition) is 3. The Kier molecular flexibility index (Phi) is 4.56. The summed E-state index contributed by atoms with van der Waals surface area (Å²) in [4.78, 5) is 2.43. The maximum Gasteiger partial charge on any atom is 0.0136 e. The zero-order chi connectivity index (χ0) is 11.5. The van der Waals surface area contributed by atoms with Crippen molar-refractivity contribution in [2.24, 2.45) is 17.1 Å². The van der Waals surface area contributed by atoms with Crippen molar-refractivity contribution in [2.45, 2.75) is 33.2 Å². The van der Waals surface area contributed by atoms with Gasteiger partial charge in [-0.15, -0.1) is 0 Å². The third-order valence-electron chi connectivity index (χ3n) is 3.54. The van der Waals surface area contributed by atoms with Crippen LogP contribution in [0, 0.1) is 11.3 Å². The highest BCUT2D eigenvalue weighted by Crippen LogP contribution is 2.32. The Balaban J connectivity index is 2.31. The van der Waals surface area contributed by atoms with Crippen LogP contribution < -0.4 is 11.1 Å². The summed E-state index contributed by atoms with van der Waals surface area (Å²) in [7, 11) is 2.21. The molecule has 3 heteroatoms. The lowest BCUT2D eigenvalue weighted by Crippen LogP contribution is -2.40. The lowest BCUT2D eigenvalue weighted by atomic mass is 9.78. The van der Waals surface area contributed by atoms with Gasteiger partial charge in [-0.25, -0.2) is 0 Å². The van der Waals surface area contributed by atoms with E-state index in [0.29, 0.717) is 5.41 Å². The van der Waals surface area contributed by atoms with E-state index in [0.717, 1.165) is 19.0 Å². The second-order valence-electron chi connectivity index (χ2n) is 5.84. The average Bonchev–Trinajstić information content (AvgIpc) is 2.51. The number of rotatable bonds is 5. The molecule has 0 saturated carbocycles. The number of nitrogens with one attached hydrogen (secondary N) is 1. The van der Waals surface area contributed by atoms with Crippen LogP contribution in [-0.2, 0) is 0 Å². The van der Waals surface area contributed by atoms with Crippen LogP contribution in [0.3, 0.4) is 0 Å². The molecule has 1 fully saturated rings. The summed E-state index contributed by atoms with van der Waals surface area (Å²) in [5.74, 6) is 0.822. The smallest absolute Gasteiger partial charge is 0.0136 e. The van der Waals surface area contributed by atoms with E-state index >= 15 is 0 Å². The normalized spacial score (nSPS) is 25.8. The second kappa shape index (κ2) is 5.28. The molecule has 2 atom stereocenters. The lowest BCUT2D eigenvalue weighted by molar-refractivity contribution is 0.206. The molecule has 0 aromatic rings. The summed E-state index contributed by atoms with van der Waals surface area (Å²) in [5.41, 5.74) is 6.12. The maximum absolute atomic E-state index is 5.73. The Morgan fingerprint density at radius 2 is 2.20 bits per heavy atom. The van der Waals surface area contributed by atoms with Gasteiger partial charge in [-0.1, -0.05) is 13.8 Å². The highest BCUT2D eigenvalue weighted by Gasteiger charge is 2.33. The molecule has 3 nitrogen and oxygen atoms in total. The van der Waals surface area contributed by atoms with E-state index < -0.39 is 0 Å². The van der Waals surface area contributed by atoms with Gasteiger partial charge in [-0.05, 0) is 38.3 Å². The molecular formula is C12H27N3. The van der Waals surface area contributed by atoms with Gasteiger partial charge in [0.05, 0.1) is 0 Å².